The Balaban J connectivity index is 1.42. The van der Waals surface area contributed by atoms with Crippen LogP contribution in [0.5, 0.6) is 0 Å². The molecule has 1 saturated heterocycles. The summed E-state index contributed by atoms with van der Waals surface area (Å²) in [4.78, 5) is 17.7. The number of rotatable bonds is 5. The maximum atomic E-state index is 12.2. The molecule has 6 heteroatoms. The van der Waals surface area contributed by atoms with Crippen molar-refractivity contribution in [2.45, 2.75) is 31.8 Å². The number of carbonyl (C=O) groups is 1. The Morgan fingerprint density at radius 3 is 3.00 bits per heavy atom. The maximum Gasteiger partial charge on any atom is 0.311 e. The molecule has 1 unspecified atom stereocenters. The number of esters is 1. The van der Waals surface area contributed by atoms with Crippen molar-refractivity contribution < 1.29 is 14.3 Å². The van der Waals surface area contributed by atoms with Gasteiger partial charge in [0, 0.05) is 29.4 Å². The summed E-state index contributed by atoms with van der Waals surface area (Å²) in [6, 6.07) is 10.0. The van der Waals surface area contributed by atoms with Crippen LogP contribution in [0.1, 0.15) is 25.0 Å². The van der Waals surface area contributed by atoms with E-state index in [0.29, 0.717) is 6.61 Å². The zero-order chi connectivity index (χ0) is 17.1. The second-order valence-corrected chi connectivity index (χ2v) is 7.06. The highest BCUT2D eigenvalue weighted by Gasteiger charge is 2.17. The van der Waals surface area contributed by atoms with Crippen molar-refractivity contribution in [3.63, 3.8) is 0 Å². The van der Waals surface area contributed by atoms with Gasteiger partial charge in [0.05, 0.1) is 18.2 Å². The fraction of sp³-hybridized carbons (Fsp3) is 0.368. The normalized spacial score (nSPS) is 17.7. The lowest BCUT2D eigenvalue weighted by molar-refractivity contribution is -0.148. The van der Waals surface area contributed by atoms with Crippen molar-refractivity contribution in [3.05, 3.63) is 47.6 Å². The average molecular weight is 356 g/mol. The van der Waals surface area contributed by atoms with Gasteiger partial charge in [0.1, 0.15) is 6.61 Å². The first-order chi connectivity index (χ1) is 12.3. The molecule has 0 spiro atoms. The van der Waals surface area contributed by atoms with Crippen molar-refractivity contribution in [2.75, 3.05) is 13.2 Å². The summed E-state index contributed by atoms with van der Waals surface area (Å²) in [6.45, 7) is 1.12. The van der Waals surface area contributed by atoms with Crippen molar-refractivity contribution >= 4 is 22.3 Å². The van der Waals surface area contributed by atoms with Gasteiger partial charge in [-0.15, -0.1) is 11.3 Å². The average Bonchev–Trinajstić information content (AvgIpc) is 3.24. The third-order valence-corrected chi connectivity index (χ3v) is 5.27. The zero-order valence-corrected chi connectivity index (χ0v) is 14.7. The van der Waals surface area contributed by atoms with Gasteiger partial charge in [-0.1, -0.05) is 30.3 Å². The van der Waals surface area contributed by atoms with E-state index < -0.39 is 0 Å². The number of hydrogen-bond acceptors (Lipinski definition) is 5. The lowest BCUT2D eigenvalue weighted by atomic mass is 10.1. The molecule has 0 aliphatic carbocycles. The molecular weight excluding hydrogens is 336 g/mol. The van der Waals surface area contributed by atoms with E-state index in [1.807, 2.05) is 46.3 Å². The number of carbonyl (C=O) groups excluding carboxylic acids is 1. The first kappa shape index (κ1) is 16.3. The molecule has 1 aliphatic heterocycles. The fourth-order valence-electron chi connectivity index (χ4n) is 3.03. The van der Waals surface area contributed by atoms with Gasteiger partial charge in [0.15, 0.2) is 4.96 Å². The molecule has 3 heterocycles. The number of hydrogen-bond donors (Lipinski definition) is 0. The third kappa shape index (κ3) is 3.75. The van der Waals surface area contributed by atoms with Crippen molar-refractivity contribution in [1.29, 1.82) is 0 Å². The Morgan fingerprint density at radius 1 is 1.32 bits per heavy atom. The summed E-state index contributed by atoms with van der Waals surface area (Å²) in [5, 5.41) is 1.97. The van der Waals surface area contributed by atoms with Crippen LogP contribution in [0, 0.1) is 0 Å². The molecule has 0 amide bonds. The SMILES string of the molecule is O=C(Cc1csc2nc(-c3ccccc3)cn12)OCC1CCCCO1. The monoisotopic (exact) mass is 356 g/mol. The van der Waals surface area contributed by atoms with E-state index in [-0.39, 0.29) is 18.5 Å². The Hall–Kier alpha value is -2.18. The van der Waals surface area contributed by atoms with Crippen molar-refractivity contribution in [3.8, 4) is 11.3 Å². The fourth-order valence-corrected chi connectivity index (χ4v) is 3.90. The van der Waals surface area contributed by atoms with Crippen molar-refractivity contribution in [1.82, 2.24) is 9.38 Å². The summed E-state index contributed by atoms with van der Waals surface area (Å²) in [7, 11) is 0. The molecule has 1 aromatic carbocycles. The molecular formula is C19H20N2O3S. The highest BCUT2D eigenvalue weighted by molar-refractivity contribution is 7.15. The smallest absolute Gasteiger partial charge is 0.311 e. The Kier molecular flexibility index (Phi) is 4.81. The van der Waals surface area contributed by atoms with Crippen LogP contribution in [-0.2, 0) is 20.7 Å². The predicted octanol–water partition coefficient (Wildman–Crippen LogP) is 3.72. The highest BCUT2D eigenvalue weighted by Crippen LogP contribution is 2.24. The van der Waals surface area contributed by atoms with E-state index in [4.69, 9.17) is 9.47 Å². The van der Waals surface area contributed by atoms with Crippen LogP contribution in [-0.4, -0.2) is 34.7 Å². The van der Waals surface area contributed by atoms with Gasteiger partial charge in [-0.25, -0.2) is 4.98 Å². The number of nitrogens with zero attached hydrogens (tertiary/aromatic N) is 2. The highest BCUT2D eigenvalue weighted by atomic mass is 32.1. The minimum Gasteiger partial charge on any atom is -0.463 e. The molecule has 2 aromatic heterocycles. The number of fused-ring (bicyclic) bond motifs is 1. The molecule has 0 N–H and O–H groups in total. The number of imidazole rings is 1. The predicted molar refractivity (Wildman–Crippen MR) is 96.8 cm³/mol. The third-order valence-electron chi connectivity index (χ3n) is 4.38. The topological polar surface area (TPSA) is 52.8 Å². The van der Waals surface area contributed by atoms with E-state index in [1.165, 1.54) is 11.3 Å². The molecule has 0 bridgehead atoms. The number of ether oxygens (including phenoxy) is 2. The molecule has 1 atom stereocenters. The lowest BCUT2D eigenvalue weighted by Crippen LogP contribution is -2.26. The van der Waals surface area contributed by atoms with E-state index >= 15 is 0 Å². The van der Waals surface area contributed by atoms with E-state index in [0.717, 1.165) is 47.8 Å². The van der Waals surface area contributed by atoms with Gasteiger partial charge in [-0.05, 0) is 19.3 Å². The Morgan fingerprint density at radius 2 is 2.20 bits per heavy atom. The van der Waals surface area contributed by atoms with Crippen LogP contribution >= 0.6 is 11.3 Å². The molecule has 130 valence electrons. The van der Waals surface area contributed by atoms with Gasteiger partial charge < -0.3 is 9.47 Å². The van der Waals surface area contributed by atoms with Crippen molar-refractivity contribution in [2.24, 2.45) is 0 Å². The number of aromatic nitrogens is 2. The molecule has 1 aliphatic rings. The van der Waals surface area contributed by atoms with Crippen LogP contribution in [0.25, 0.3) is 16.2 Å². The Labute approximate surface area is 150 Å². The molecule has 25 heavy (non-hydrogen) atoms. The van der Waals surface area contributed by atoms with Gasteiger partial charge in [-0.3, -0.25) is 9.20 Å². The first-order valence-electron chi connectivity index (χ1n) is 8.58. The standard InChI is InChI=1S/C19H20N2O3S/c22-18(24-12-16-8-4-5-9-23-16)10-15-13-25-19-20-17(11-21(15)19)14-6-2-1-3-7-14/h1-3,6-7,11,13,16H,4-5,8-10,12H2. The second-order valence-electron chi connectivity index (χ2n) is 6.22. The molecule has 1 fully saturated rings. The minimum atomic E-state index is -0.219. The molecule has 4 rings (SSSR count). The molecule has 5 nitrogen and oxygen atoms in total. The van der Waals surface area contributed by atoms with Gasteiger partial charge in [0.2, 0.25) is 0 Å². The first-order valence-corrected chi connectivity index (χ1v) is 9.46. The van der Waals surface area contributed by atoms with Crippen LogP contribution in [0.2, 0.25) is 0 Å². The Bertz CT molecular complexity index is 850. The maximum absolute atomic E-state index is 12.2. The van der Waals surface area contributed by atoms with Crippen LogP contribution in [0.15, 0.2) is 41.9 Å². The summed E-state index contributed by atoms with van der Waals surface area (Å²) >= 11 is 1.54. The van der Waals surface area contributed by atoms with E-state index in [9.17, 15) is 4.79 Å². The van der Waals surface area contributed by atoms with Gasteiger partial charge >= 0.3 is 5.97 Å². The zero-order valence-electron chi connectivity index (χ0n) is 13.9. The van der Waals surface area contributed by atoms with Gasteiger partial charge in [-0.2, -0.15) is 0 Å². The minimum absolute atomic E-state index is 0.0538. The number of benzene rings is 1. The molecule has 0 radical (unpaired) electrons. The van der Waals surface area contributed by atoms with Crippen LogP contribution < -0.4 is 0 Å². The van der Waals surface area contributed by atoms with Gasteiger partial charge in [0.25, 0.3) is 0 Å². The quantitative estimate of drug-likeness (QED) is 0.654. The summed E-state index contributed by atoms with van der Waals surface area (Å²) in [6.07, 6.45) is 5.49. The van der Waals surface area contributed by atoms with E-state index in [1.54, 1.807) is 0 Å². The largest absolute Gasteiger partial charge is 0.463 e. The number of thiazole rings is 1. The summed E-state index contributed by atoms with van der Waals surface area (Å²) < 4.78 is 13.0. The van der Waals surface area contributed by atoms with E-state index in [2.05, 4.69) is 4.98 Å². The summed E-state index contributed by atoms with van der Waals surface area (Å²) in [5.74, 6) is -0.219. The lowest BCUT2D eigenvalue weighted by Gasteiger charge is -2.21. The summed E-state index contributed by atoms with van der Waals surface area (Å²) in [5.41, 5.74) is 2.89. The van der Waals surface area contributed by atoms with Crippen LogP contribution in [0.3, 0.4) is 0 Å². The molecule has 0 saturated carbocycles. The second kappa shape index (κ2) is 7.37. The molecule has 3 aromatic rings. The van der Waals surface area contributed by atoms with Crippen LogP contribution in [0.4, 0.5) is 0 Å².